The Morgan fingerprint density at radius 1 is 0.638 bits per heavy atom. The number of pyridine rings is 1. The highest BCUT2D eigenvalue weighted by Gasteiger charge is 2.46. The molecule has 0 fully saturated rings. The predicted octanol–water partition coefficient (Wildman–Crippen LogP) is 7.70. The van der Waals surface area contributed by atoms with E-state index in [-0.39, 0.29) is 7.48 Å². The van der Waals surface area contributed by atoms with Gasteiger partial charge >= 0.3 is 7.48 Å². The van der Waals surface area contributed by atoms with Crippen molar-refractivity contribution in [1.82, 2.24) is 4.98 Å². The summed E-state index contributed by atoms with van der Waals surface area (Å²) in [7, 11) is -4.05. The molecule has 6 heteroatoms. The van der Waals surface area contributed by atoms with Gasteiger partial charge in [0.15, 0.2) is 0 Å². The second-order valence-electron chi connectivity index (χ2n) is 11.5. The normalized spacial score (nSPS) is 14.9. The molecule has 0 aliphatic carbocycles. The van der Waals surface area contributed by atoms with E-state index in [1.165, 1.54) is 0 Å². The number of fused-ring (bicyclic) bond motifs is 3. The van der Waals surface area contributed by atoms with Gasteiger partial charge in [0.05, 0.1) is 11.4 Å². The number of anilines is 2. The fourth-order valence-electron chi connectivity index (χ4n) is 6.52. The number of hydrogen-bond donors (Lipinski definition) is 1. The van der Waals surface area contributed by atoms with E-state index in [0.29, 0.717) is 16.2 Å². The third-order valence-electron chi connectivity index (χ3n) is 8.66. The monoisotopic (exact) mass is 622 g/mol. The van der Waals surface area contributed by atoms with E-state index in [1.54, 1.807) is 0 Å². The van der Waals surface area contributed by atoms with Gasteiger partial charge in [-0.2, -0.15) is 0 Å². The smallest absolute Gasteiger partial charge is 0.304 e. The summed E-state index contributed by atoms with van der Waals surface area (Å²) in [5.41, 5.74) is 9.74. The Morgan fingerprint density at radius 3 is 2.02 bits per heavy atom. The molecule has 4 nitrogen and oxygen atoms in total. The molecule has 0 amide bonds. The molecule has 1 aliphatic rings. The van der Waals surface area contributed by atoms with Gasteiger partial charge in [-0.05, 0) is 64.7 Å². The molecular formula is C41H28BN2O2P. The van der Waals surface area contributed by atoms with Crippen LogP contribution in [0.1, 0.15) is 0 Å². The third-order valence-corrected chi connectivity index (χ3v) is 11.6. The Kier molecular flexibility index (Phi) is 7.31. The molecule has 0 spiro atoms. The molecule has 7 aromatic rings. The first-order chi connectivity index (χ1) is 23.2. The van der Waals surface area contributed by atoms with Crippen LogP contribution in [-0.2, 0) is 4.57 Å². The standard InChI is InChI=1S/C41H28BN2O2P/c45-42-32-25-26-35-34-23-13-14-24-38(34)44(33-21-11-4-12-22-33)47(46,39(35)27-32)41-40(31-19-9-3-10-20-31)36(29-15-5-1-6-16-29)28-37(43-41)30-17-7-2-8-18-30/h1-2,4-9,11-28,42,45H. The Hall–Kier alpha value is -5.66. The third kappa shape index (κ3) is 4.87. The first-order valence-electron chi connectivity index (χ1n) is 15.5. The fourth-order valence-corrected chi connectivity index (χ4v) is 9.75. The topological polar surface area (TPSA) is 53.4 Å². The van der Waals surface area contributed by atoms with Gasteiger partial charge < -0.3 is 5.02 Å². The number of para-hydroxylation sites is 2. The molecule has 0 bridgehead atoms. The highest BCUT2D eigenvalue weighted by Crippen LogP contribution is 2.62. The molecule has 2 heterocycles. The van der Waals surface area contributed by atoms with Gasteiger partial charge in [0, 0.05) is 27.7 Å². The van der Waals surface area contributed by atoms with Gasteiger partial charge in [0.1, 0.15) is 5.44 Å². The van der Waals surface area contributed by atoms with Gasteiger partial charge in [-0.25, -0.2) is 4.98 Å². The first-order valence-corrected chi connectivity index (χ1v) is 17.2. The Bertz CT molecular complexity index is 2260. The van der Waals surface area contributed by atoms with E-state index in [1.807, 2.05) is 138 Å². The van der Waals surface area contributed by atoms with Crippen LogP contribution in [0, 0.1) is 12.1 Å². The average Bonchev–Trinajstić information content (AvgIpc) is 3.15. The second-order valence-corrected chi connectivity index (χ2v) is 13.9. The van der Waals surface area contributed by atoms with Crippen molar-refractivity contribution in [3.63, 3.8) is 0 Å². The molecule has 1 N–H and O–H groups in total. The van der Waals surface area contributed by atoms with Gasteiger partial charge in [-0.15, -0.1) is 0 Å². The maximum atomic E-state index is 16.9. The maximum Gasteiger partial charge on any atom is 0.304 e. The first kappa shape index (κ1) is 28.8. The highest BCUT2D eigenvalue weighted by molar-refractivity contribution is 7.81. The van der Waals surface area contributed by atoms with Crippen molar-refractivity contribution < 1.29 is 9.59 Å². The van der Waals surface area contributed by atoms with E-state index < -0.39 is 7.29 Å². The fraction of sp³-hybridized carbons (Fsp3) is 0. The lowest BCUT2D eigenvalue weighted by Crippen LogP contribution is -2.37. The molecule has 1 atom stereocenters. The lowest BCUT2D eigenvalue weighted by Gasteiger charge is -2.40. The van der Waals surface area contributed by atoms with Crippen molar-refractivity contribution >= 4 is 42.4 Å². The van der Waals surface area contributed by atoms with Crippen LogP contribution < -0.4 is 20.9 Å². The maximum absolute atomic E-state index is 16.9. The van der Waals surface area contributed by atoms with Crippen LogP contribution in [0.25, 0.3) is 44.6 Å². The van der Waals surface area contributed by atoms with Gasteiger partial charge in [0.25, 0.3) is 7.29 Å². The van der Waals surface area contributed by atoms with Crippen molar-refractivity contribution in [3.8, 4) is 44.6 Å². The van der Waals surface area contributed by atoms with Crippen LogP contribution >= 0.6 is 7.29 Å². The second kappa shape index (κ2) is 11.9. The number of benzene rings is 5. The van der Waals surface area contributed by atoms with Crippen LogP contribution in [0.15, 0.2) is 158 Å². The molecule has 0 saturated carbocycles. The van der Waals surface area contributed by atoms with Crippen molar-refractivity contribution in [2.24, 2.45) is 0 Å². The Balaban J connectivity index is 1.58. The van der Waals surface area contributed by atoms with E-state index >= 15 is 4.57 Å². The molecule has 47 heavy (non-hydrogen) atoms. The predicted molar refractivity (Wildman–Crippen MR) is 195 cm³/mol. The van der Waals surface area contributed by atoms with Crippen LogP contribution in [0.3, 0.4) is 0 Å². The molecule has 6 aromatic carbocycles. The Morgan fingerprint density at radius 2 is 1.32 bits per heavy atom. The summed E-state index contributed by atoms with van der Waals surface area (Å²) in [6, 6.07) is 58.0. The quantitative estimate of drug-likeness (QED) is 0.153. The molecule has 1 aliphatic heterocycles. The lowest BCUT2D eigenvalue weighted by molar-refractivity contribution is 0.586. The molecule has 222 valence electrons. The summed E-state index contributed by atoms with van der Waals surface area (Å²) in [4.78, 5) is 5.41. The SMILES string of the molecule is O=P1(c2nc(-c3ccccc3)cc(-c3ccccc3)c2-c2cc#ccc2)c2cc(BO)ccc2-c2ccccc2N1c1ccccc1. The molecule has 0 saturated heterocycles. The summed E-state index contributed by atoms with van der Waals surface area (Å²) in [5.74, 6) is 0. The molecule has 8 rings (SSSR count). The van der Waals surface area contributed by atoms with Crippen molar-refractivity contribution in [1.29, 1.82) is 0 Å². The summed E-state index contributed by atoms with van der Waals surface area (Å²) in [5, 5.41) is 11.0. The van der Waals surface area contributed by atoms with E-state index in [4.69, 9.17) is 4.98 Å². The number of aromatic nitrogens is 1. The minimum absolute atomic E-state index is 0.177. The van der Waals surface area contributed by atoms with E-state index in [0.717, 1.165) is 56.0 Å². The molecule has 1 aromatic heterocycles. The zero-order valence-electron chi connectivity index (χ0n) is 25.4. The van der Waals surface area contributed by atoms with Gasteiger partial charge in [0.2, 0.25) is 0 Å². The largest absolute Gasteiger partial charge is 0.449 e. The number of nitrogens with zero attached hydrogens (tertiary/aromatic N) is 2. The van der Waals surface area contributed by atoms with Crippen molar-refractivity contribution in [2.45, 2.75) is 0 Å². The summed E-state index contributed by atoms with van der Waals surface area (Å²) < 4.78 is 18.9. The lowest BCUT2D eigenvalue weighted by atomic mass is 9.87. The Labute approximate surface area is 275 Å². The molecular weight excluding hydrogens is 594 g/mol. The summed E-state index contributed by atoms with van der Waals surface area (Å²) >= 11 is 0. The minimum atomic E-state index is -3.87. The number of hydrogen-bond acceptors (Lipinski definition) is 3. The summed E-state index contributed by atoms with van der Waals surface area (Å²) in [6.07, 6.45) is 0. The van der Waals surface area contributed by atoms with Gasteiger partial charge in [-0.3, -0.25) is 9.24 Å². The van der Waals surface area contributed by atoms with Crippen LogP contribution in [0.2, 0.25) is 0 Å². The minimum Gasteiger partial charge on any atom is -0.449 e. The van der Waals surface area contributed by atoms with E-state index in [2.05, 4.69) is 36.4 Å². The van der Waals surface area contributed by atoms with E-state index in [9.17, 15) is 5.02 Å². The number of rotatable bonds is 6. The van der Waals surface area contributed by atoms with Crippen molar-refractivity contribution in [3.05, 3.63) is 170 Å². The summed E-state index contributed by atoms with van der Waals surface area (Å²) in [6.45, 7) is 0. The van der Waals surface area contributed by atoms with Crippen LogP contribution in [0.5, 0.6) is 0 Å². The van der Waals surface area contributed by atoms with Crippen LogP contribution in [-0.4, -0.2) is 17.5 Å². The zero-order valence-corrected chi connectivity index (χ0v) is 26.3. The highest BCUT2D eigenvalue weighted by atomic mass is 31.2. The molecule has 1 unspecified atom stereocenters. The zero-order chi connectivity index (χ0) is 31.8. The van der Waals surface area contributed by atoms with Crippen molar-refractivity contribution in [2.75, 3.05) is 4.67 Å². The average molecular weight is 622 g/mol. The van der Waals surface area contributed by atoms with Crippen LogP contribution in [0.4, 0.5) is 11.4 Å². The molecule has 0 radical (unpaired) electrons. The van der Waals surface area contributed by atoms with Gasteiger partial charge in [-0.1, -0.05) is 133 Å².